The van der Waals surface area contributed by atoms with Crippen molar-refractivity contribution in [1.82, 2.24) is 0 Å². The van der Waals surface area contributed by atoms with Crippen molar-refractivity contribution >= 4 is 11.8 Å². The van der Waals surface area contributed by atoms with Crippen molar-refractivity contribution in [2.45, 2.75) is 6.92 Å². The molecule has 0 radical (unpaired) electrons. The first-order valence-corrected chi connectivity index (χ1v) is 6.41. The van der Waals surface area contributed by atoms with Crippen molar-refractivity contribution in [2.75, 3.05) is 25.5 Å². The molecule has 94 valence electrons. The summed E-state index contributed by atoms with van der Waals surface area (Å²) in [4.78, 5) is 3.54. The van der Waals surface area contributed by atoms with Gasteiger partial charge < -0.3 is 4.90 Å². The lowest BCUT2D eigenvalue weighted by molar-refractivity contribution is -0.763. The van der Waals surface area contributed by atoms with Crippen LogP contribution < -0.4 is 9.80 Å². The van der Waals surface area contributed by atoms with Gasteiger partial charge in [-0.3, -0.25) is 4.90 Å². The summed E-state index contributed by atoms with van der Waals surface area (Å²) in [6, 6.07) is 8.65. The van der Waals surface area contributed by atoms with Crippen molar-refractivity contribution in [3.8, 4) is 0 Å². The van der Waals surface area contributed by atoms with Gasteiger partial charge >= 0.3 is 0 Å². The summed E-state index contributed by atoms with van der Waals surface area (Å²) in [5.74, 6) is 0. The summed E-state index contributed by atoms with van der Waals surface area (Å²) < 4.78 is 0. The van der Waals surface area contributed by atoms with E-state index in [1.807, 2.05) is 0 Å². The van der Waals surface area contributed by atoms with Gasteiger partial charge in [0.2, 0.25) is 0 Å². The second kappa shape index (κ2) is 5.69. The third kappa shape index (κ3) is 3.11. The highest BCUT2D eigenvalue weighted by Crippen LogP contribution is 2.15. The minimum Gasteiger partial charge on any atom is -0.375 e. The first-order valence-electron chi connectivity index (χ1n) is 6.41. The maximum atomic E-state index is 2.23. The summed E-state index contributed by atoms with van der Waals surface area (Å²) >= 11 is 0. The minimum absolute atomic E-state index is 1.03. The SMILES string of the molecule is CCN(C)c1ccc(/C=C/C2=C[NH+](C)C=C2)cc1. The lowest BCUT2D eigenvalue weighted by Gasteiger charge is -2.16. The van der Waals surface area contributed by atoms with Crippen LogP contribution >= 0.6 is 0 Å². The van der Waals surface area contributed by atoms with Crippen molar-refractivity contribution < 1.29 is 4.90 Å². The van der Waals surface area contributed by atoms with E-state index in [1.165, 1.54) is 21.7 Å². The van der Waals surface area contributed by atoms with Gasteiger partial charge in [0.1, 0.15) is 6.20 Å². The Morgan fingerprint density at radius 3 is 2.44 bits per heavy atom. The zero-order valence-electron chi connectivity index (χ0n) is 11.4. The molecular weight excluding hydrogens is 220 g/mol. The Morgan fingerprint density at radius 1 is 1.17 bits per heavy atom. The highest BCUT2D eigenvalue weighted by Gasteiger charge is 2.02. The Hall–Kier alpha value is -1.80. The number of hydrogen-bond donors (Lipinski definition) is 1. The smallest absolute Gasteiger partial charge is 0.106 e. The van der Waals surface area contributed by atoms with Gasteiger partial charge in [0.15, 0.2) is 0 Å². The van der Waals surface area contributed by atoms with E-state index in [2.05, 4.69) is 80.8 Å². The fraction of sp³-hybridized carbons (Fsp3) is 0.250. The molecule has 0 amide bonds. The van der Waals surface area contributed by atoms with Crippen LogP contribution in [0.15, 0.2) is 54.4 Å². The number of anilines is 1. The number of hydrogen-bond acceptors (Lipinski definition) is 1. The molecule has 1 unspecified atom stereocenters. The number of nitrogens with zero attached hydrogens (tertiary/aromatic N) is 1. The van der Waals surface area contributed by atoms with Crippen molar-refractivity contribution in [1.29, 1.82) is 0 Å². The van der Waals surface area contributed by atoms with E-state index in [-0.39, 0.29) is 0 Å². The molecule has 18 heavy (non-hydrogen) atoms. The average molecular weight is 241 g/mol. The fourth-order valence-electron chi connectivity index (χ4n) is 1.91. The lowest BCUT2D eigenvalue weighted by atomic mass is 10.1. The van der Waals surface area contributed by atoms with E-state index in [4.69, 9.17) is 0 Å². The largest absolute Gasteiger partial charge is 0.375 e. The van der Waals surface area contributed by atoms with Gasteiger partial charge in [0.05, 0.1) is 13.2 Å². The van der Waals surface area contributed by atoms with Gasteiger partial charge in [-0.25, -0.2) is 0 Å². The molecule has 0 aliphatic carbocycles. The van der Waals surface area contributed by atoms with Crippen LogP contribution in [0.5, 0.6) is 0 Å². The van der Waals surface area contributed by atoms with Gasteiger partial charge in [-0.2, -0.15) is 0 Å². The molecule has 0 saturated carbocycles. The monoisotopic (exact) mass is 241 g/mol. The van der Waals surface area contributed by atoms with Crippen molar-refractivity contribution in [3.05, 3.63) is 60.0 Å². The highest BCUT2D eigenvalue weighted by molar-refractivity contribution is 5.58. The van der Waals surface area contributed by atoms with Gasteiger partial charge in [-0.05, 0) is 30.7 Å². The Balaban J connectivity index is 2.05. The van der Waals surface area contributed by atoms with E-state index < -0.39 is 0 Å². The molecule has 2 heteroatoms. The molecule has 2 rings (SSSR count). The van der Waals surface area contributed by atoms with E-state index in [9.17, 15) is 0 Å². The highest BCUT2D eigenvalue weighted by atomic mass is 15.1. The summed E-state index contributed by atoms with van der Waals surface area (Å²) in [6.07, 6.45) is 10.8. The molecule has 1 aromatic carbocycles. The molecule has 0 aromatic heterocycles. The molecular formula is C16H21N2+. The first kappa shape index (κ1) is 12.7. The maximum absolute atomic E-state index is 2.23. The Morgan fingerprint density at radius 2 is 1.89 bits per heavy atom. The normalized spacial score (nSPS) is 18.4. The number of rotatable bonds is 4. The van der Waals surface area contributed by atoms with Crippen LogP contribution in [0.3, 0.4) is 0 Å². The van der Waals surface area contributed by atoms with E-state index in [0.29, 0.717) is 0 Å². The summed E-state index contributed by atoms with van der Waals surface area (Å²) in [5.41, 5.74) is 3.77. The van der Waals surface area contributed by atoms with Gasteiger partial charge in [-0.1, -0.05) is 18.2 Å². The van der Waals surface area contributed by atoms with Crippen LogP contribution in [-0.2, 0) is 0 Å². The number of allylic oxidation sites excluding steroid dienone is 3. The average Bonchev–Trinajstić information content (AvgIpc) is 2.82. The second-order valence-electron chi connectivity index (χ2n) is 4.66. The van der Waals surface area contributed by atoms with Crippen molar-refractivity contribution in [3.63, 3.8) is 0 Å². The summed E-state index contributed by atoms with van der Waals surface area (Å²) in [7, 11) is 4.23. The van der Waals surface area contributed by atoms with Crippen LogP contribution in [0.25, 0.3) is 6.08 Å². The maximum Gasteiger partial charge on any atom is 0.106 e. The van der Waals surface area contributed by atoms with Crippen LogP contribution in [0.1, 0.15) is 12.5 Å². The molecule has 1 aromatic rings. The zero-order chi connectivity index (χ0) is 13.0. The number of nitrogens with one attached hydrogen (secondary N) is 1. The summed E-state index contributed by atoms with van der Waals surface area (Å²) in [5, 5.41) is 0. The van der Waals surface area contributed by atoms with Crippen LogP contribution in [0.2, 0.25) is 0 Å². The van der Waals surface area contributed by atoms with Gasteiger partial charge in [0, 0.05) is 30.9 Å². The topological polar surface area (TPSA) is 7.68 Å². The molecule has 1 atom stereocenters. The standard InChI is InChI=1S/C16H20N2/c1-4-18(3)16-9-7-14(8-10-16)5-6-15-11-12-17(2)13-15/h5-13H,4H2,1-3H3/p+1/b6-5+. The number of benzene rings is 1. The third-order valence-electron chi connectivity index (χ3n) is 3.21. The van der Waals surface area contributed by atoms with Crippen LogP contribution in [0.4, 0.5) is 5.69 Å². The molecule has 2 nitrogen and oxygen atoms in total. The Kier molecular flexibility index (Phi) is 4.00. The predicted molar refractivity (Wildman–Crippen MR) is 78.5 cm³/mol. The molecule has 0 spiro atoms. The quantitative estimate of drug-likeness (QED) is 0.848. The molecule has 0 bridgehead atoms. The lowest BCUT2D eigenvalue weighted by Crippen LogP contribution is -2.98. The minimum atomic E-state index is 1.03. The molecule has 1 aliphatic heterocycles. The van der Waals surface area contributed by atoms with E-state index >= 15 is 0 Å². The Bertz CT molecular complexity index is 480. The second-order valence-corrected chi connectivity index (χ2v) is 4.66. The summed E-state index contributed by atoms with van der Waals surface area (Å²) in [6.45, 7) is 3.19. The number of quaternary nitrogens is 1. The van der Waals surface area contributed by atoms with E-state index in [1.54, 1.807) is 0 Å². The molecule has 0 saturated heterocycles. The molecule has 1 aliphatic rings. The first-order chi connectivity index (χ1) is 8.69. The van der Waals surface area contributed by atoms with Gasteiger partial charge in [-0.15, -0.1) is 0 Å². The van der Waals surface area contributed by atoms with Crippen LogP contribution in [-0.4, -0.2) is 20.6 Å². The molecule has 0 fully saturated rings. The molecule has 1 N–H and O–H groups in total. The molecule has 1 heterocycles. The van der Waals surface area contributed by atoms with Crippen LogP contribution in [0, 0.1) is 0 Å². The third-order valence-corrected chi connectivity index (χ3v) is 3.21. The van der Waals surface area contributed by atoms with E-state index in [0.717, 1.165) is 6.54 Å². The zero-order valence-corrected chi connectivity index (χ0v) is 11.4. The van der Waals surface area contributed by atoms with Gasteiger partial charge in [0.25, 0.3) is 0 Å². The van der Waals surface area contributed by atoms with Crippen molar-refractivity contribution in [2.24, 2.45) is 0 Å². The predicted octanol–water partition coefficient (Wildman–Crippen LogP) is 2.08. The Labute approximate surface area is 110 Å². The fourth-order valence-corrected chi connectivity index (χ4v) is 1.91.